The molecule has 1 aromatic heterocycles. The topological polar surface area (TPSA) is 51.2 Å². The zero-order valence-electron chi connectivity index (χ0n) is 14.8. The van der Waals surface area contributed by atoms with Gasteiger partial charge in [-0.1, -0.05) is 36.4 Å². The third-order valence-corrected chi connectivity index (χ3v) is 3.90. The lowest BCUT2D eigenvalue weighted by Gasteiger charge is -2.14. The quantitative estimate of drug-likeness (QED) is 0.634. The second-order valence-corrected chi connectivity index (χ2v) is 5.93. The molecule has 1 heterocycles. The standard InChI is InChI=1S/C22H19FN2O2/c1-16(25-21(26)13-12-17-7-2-3-10-20(17)23)18-8-6-9-19(15-18)27-22-11-4-5-14-24-22/h2-16H,1H3,(H,25,26). The van der Waals surface area contributed by atoms with Crippen LogP contribution in [0.15, 0.2) is 79.0 Å². The summed E-state index contributed by atoms with van der Waals surface area (Å²) in [4.78, 5) is 16.3. The molecule has 0 aliphatic rings. The van der Waals surface area contributed by atoms with E-state index in [-0.39, 0.29) is 17.8 Å². The molecule has 4 nitrogen and oxygen atoms in total. The van der Waals surface area contributed by atoms with Gasteiger partial charge in [-0.3, -0.25) is 4.79 Å². The van der Waals surface area contributed by atoms with Crippen molar-refractivity contribution >= 4 is 12.0 Å². The number of halogens is 1. The van der Waals surface area contributed by atoms with Crippen molar-refractivity contribution in [3.63, 3.8) is 0 Å². The number of carbonyl (C=O) groups is 1. The van der Waals surface area contributed by atoms with Gasteiger partial charge < -0.3 is 10.1 Å². The predicted octanol–water partition coefficient (Wildman–Crippen LogP) is 4.90. The Morgan fingerprint density at radius 1 is 1.11 bits per heavy atom. The first-order valence-electron chi connectivity index (χ1n) is 8.54. The first-order valence-corrected chi connectivity index (χ1v) is 8.54. The molecule has 3 aromatic rings. The molecule has 136 valence electrons. The normalized spacial score (nSPS) is 11.9. The van der Waals surface area contributed by atoms with Crippen LogP contribution in [-0.4, -0.2) is 10.9 Å². The van der Waals surface area contributed by atoms with Gasteiger partial charge in [0.2, 0.25) is 11.8 Å². The number of hydrogen-bond donors (Lipinski definition) is 1. The van der Waals surface area contributed by atoms with E-state index in [1.165, 1.54) is 18.2 Å². The molecule has 0 aliphatic heterocycles. The number of nitrogens with one attached hydrogen (secondary N) is 1. The Hall–Kier alpha value is -3.47. The molecule has 0 aliphatic carbocycles. The maximum atomic E-state index is 13.6. The lowest BCUT2D eigenvalue weighted by Crippen LogP contribution is -2.24. The fourth-order valence-corrected chi connectivity index (χ4v) is 2.50. The van der Waals surface area contributed by atoms with Crippen molar-refractivity contribution in [2.75, 3.05) is 0 Å². The summed E-state index contributed by atoms with van der Waals surface area (Å²) < 4.78 is 19.3. The van der Waals surface area contributed by atoms with Gasteiger partial charge in [-0.05, 0) is 42.8 Å². The van der Waals surface area contributed by atoms with Gasteiger partial charge in [0.15, 0.2) is 0 Å². The van der Waals surface area contributed by atoms with Crippen molar-refractivity contribution in [2.45, 2.75) is 13.0 Å². The highest BCUT2D eigenvalue weighted by molar-refractivity contribution is 5.92. The maximum absolute atomic E-state index is 13.6. The van der Waals surface area contributed by atoms with E-state index in [1.807, 2.05) is 43.3 Å². The summed E-state index contributed by atoms with van der Waals surface area (Å²) in [6.45, 7) is 1.87. The SMILES string of the molecule is CC(NC(=O)C=Cc1ccccc1F)c1cccc(Oc2ccccn2)c1. The lowest BCUT2D eigenvalue weighted by molar-refractivity contribution is -0.117. The number of pyridine rings is 1. The average Bonchev–Trinajstić information content (AvgIpc) is 2.68. The molecule has 0 saturated carbocycles. The molecular formula is C22H19FN2O2. The summed E-state index contributed by atoms with van der Waals surface area (Å²) in [6.07, 6.45) is 4.44. The summed E-state index contributed by atoms with van der Waals surface area (Å²) in [5.74, 6) is 0.462. The van der Waals surface area contributed by atoms with Gasteiger partial charge in [-0.15, -0.1) is 0 Å². The molecule has 0 bridgehead atoms. The highest BCUT2D eigenvalue weighted by Gasteiger charge is 2.09. The van der Waals surface area contributed by atoms with Crippen LogP contribution in [0.1, 0.15) is 24.1 Å². The van der Waals surface area contributed by atoms with Crippen molar-refractivity contribution in [1.82, 2.24) is 10.3 Å². The van der Waals surface area contributed by atoms with Gasteiger partial charge in [0.1, 0.15) is 11.6 Å². The van der Waals surface area contributed by atoms with E-state index in [2.05, 4.69) is 10.3 Å². The van der Waals surface area contributed by atoms with Gasteiger partial charge in [0.05, 0.1) is 6.04 Å². The number of nitrogens with zero attached hydrogens (tertiary/aromatic N) is 1. The van der Waals surface area contributed by atoms with E-state index in [4.69, 9.17) is 4.74 Å². The molecule has 3 rings (SSSR count). The van der Waals surface area contributed by atoms with Crippen LogP contribution in [0.5, 0.6) is 11.6 Å². The second kappa shape index (κ2) is 8.76. The van der Waals surface area contributed by atoms with E-state index in [9.17, 15) is 9.18 Å². The van der Waals surface area contributed by atoms with Crippen LogP contribution in [-0.2, 0) is 4.79 Å². The van der Waals surface area contributed by atoms with Crippen LogP contribution >= 0.6 is 0 Å². The molecular weight excluding hydrogens is 343 g/mol. The second-order valence-electron chi connectivity index (χ2n) is 5.93. The minimum Gasteiger partial charge on any atom is -0.439 e. The number of benzene rings is 2. The summed E-state index contributed by atoms with van der Waals surface area (Å²) in [5.41, 5.74) is 1.25. The number of ether oxygens (including phenoxy) is 1. The number of hydrogen-bond acceptors (Lipinski definition) is 3. The zero-order valence-corrected chi connectivity index (χ0v) is 14.8. The minimum absolute atomic E-state index is 0.241. The first-order chi connectivity index (χ1) is 13.1. The summed E-state index contributed by atoms with van der Waals surface area (Å²) >= 11 is 0. The fraction of sp³-hybridized carbons (Fsp3) is 0.0909. The van der Waals surface area contributed by atoms with Crippen molar-refractivity contribution in [1.29, 1.82) is 0 Å². The van der Waals surface area contributed by atoms with Gasteiger partial charge in [0, 0.05) is 23.9 Å². The van der Waals surface area contributed by atoms with Crippen LogP contribution in [0.25, 0.3) is 6.08 Å². The maximum Gasteiger partial charge on any atom is 0.244 e. The van der Waals surface area contributed by atoms with Crippen LogP contribution in [0.3, 0.4) is 0 Å². The fourth-order valence-electron chi connectivity index (χ4n) is 2.50. The third kappa shape index (κ3) is 5.25. The summed E-state index contributed by atoms with van der Waals surface area (Å²) in [7, 11) is 0. The lowest BCUT2D eigenvalue weighted by atomic mass is 10.1. The highest BCUT2D eigenvalue weighted by Crippen LogP contribution is 2.23. The molecule has 1 N–H and O–H groups in total. The Bertz CT molecular complexity index is 942. The number of rotatable bonds is 6. The largest absolute Gasteiger partial charge is 0.439 e. The van der Waals surface area contributed by atoms with Crippen molar-refractivity contribution in [3.05, 3.63) is 95.9 Å². The molecule has 0 fully saturated rings. The molecule has 1 unspecified atom stereocenters. The average molecular weight is 362 g/mol. The molecule has 1 atom stereocenters. The Morgan fingerprint density at radius 2 is 1.93 bits per heavy atom. The molecule has 0 saturated heterocycles. The minimum atomic E-state index is -0.367. The third-order valence-electron chi connectivity index (χ3n) is 3.90. The Morgan fingerprint density at radius 3 is 2.70 bits per heavy atom. The van der Waals surface area contributed by atoms with Crippen molar-refractivity contribution in [2.24, 2.45) is 0 Å². The molecule has 0 radical (unpaired) electrons. The predicted molar refractivity (Wildman–Crippen MR) is 103 cm³/mol. The molecule has 2 aromatic carbocycles. The van der Waals surface area contributed by atoms with Crippen LogP contribution in [0.2, 0.25) is 0 Å². The van der Waals surface area contributed by atoms with Gasteiger partial charge in [-0.25, -0.2) is 9.37 Å². The Balaban J connectivity index is 1.63. The van der Waals surface area contributed by atoms with E-state index < -0.39 is 0 Å². The van der Waals surface area contributed by atoms with Gasteiger partial charge in [0.25, 0.3) is 0 Å². The van der Waals surface area contributed by atoms with Crippen LogP contribution in [0.4, 0.5) is 4.39 Å². The molecule has 1 amide bonds. The van der Waals surface area contributed by atoms with E-state index in [0.29, 0.717) is 17.2 Å². The number of amides is 1. The molecule has 27 heavy (non-hydrogen) atoms. The molecule has 0 spiro atoms. The van der Waals surface area contributed by atoms with Gasteiger partial charge >= 0.3 is 0 Å². The van der Waals surface area contributed by atoms with Crippen LogP contribution < -0.4 is 10.1 Å². The summed E-state index contributed by atoms with van der Waals surface area (Å²) in [5, 5.41) is 2.86. The summed E-state index contributed by atoms with van der Waals surface area (Å²) in [6, 6.07) is 18.9. The highest BCUT2D eigenvalue weighted by atomic mass is 19.1. The van der Waals surface area contributed by atoms with E-state index in [0.717, 1.165) is 5.56 Å². The van der Waals surface area contributed by atoms with E-state index >= 15 is 0 Å². The van der Waals surface area contributed by atoms with Crippen LogP contribution in [0, 0.1) is 5.82 Å². The Kier molecular flexibility index (Phi) is 5.94. The smallest absolute Gasteiger partial charge is 0.244 e. The van der Waals surface area contributed by atoms with Gasteiger partial charge in [-0.2, -0.15) is 0 Å². The monoisotopic (exact) mass is 362 g/mol. The Labute approximate surface area is 157 Å². The number of carbonyl (C=O) groups excluding carboxylic acids is 1. The van der Waals surface area contributed by atoms with Crippen molar-refractivity contribution in [3.8, 4) is 11.6 Å². The van der Waals surface area contributed by atoms with E-state index in [1.54, 1.807) is 30.5 Å². The number of aromatic nitrogens is 1. The van der Waals surface area contributed by atoms with Crippen molar-refractivity contribution < 1.29 is 13.9 Å². The first kappa shape index (κ1) is 18.3. The molecule has 5 heteroatoms. The zero-order chi connectivity index (χ0) is 19.1.